The first-order valence-electron chi connectivity index (χ1n) is 8.10. The number of thioether (sulfide) groups is 1. The van der Waals surface area contributed by atoms with Gasteiger partial charge in [0.25, 0.3) is 0 Å². The lowest BCUT2D eigenvalue weighted by Gasteiger charge is -2.15. The van der Waals surface area contributed by atoms with E-state index in [2.05, 4.69) is 10.1 Å². The summed E-state index contributed by atoms with van der Waals surface area (Å²) in [6.45, 7) is 0.115. The maximum atomic E-state index is 11.4. The van der Waals surface area contributed by atoms with E-state index in [1.54, 1.807) is 12.1 Å². The van der Waals surface area contributed by atoms with Gasteiger partial charge in [-0.25, -0.2) is 4.79 Å². The minimum absolute atomic E-state index is 0.107. The molecule has 1 aromatic heterocycles. The summed E-state index contributed by atoms with van der Waals surface area (Å²) in [6, 6.07) is 8.02. The number of carboxylic acids is 1. The molecule has 144 valence electrons. The van der Waals surface area contributed by atoms with Crippen molar-refractivity contribution in [2.24, 2.45) is 0 Å². The Morgan fingerprint density at radius 2 is 2.07 bits per heavy atom. The van der Waals surface area contributed by atoms with Gasteiger partial charge in [0.05, 0.1) is 19.6 Å². The predicted octanol–water partition coefficient (Wildman–Crippen LogP) is 2.44. The SMILES string of the molecule is COC(=O)c1ccc(COc2ccc([C@H]3N[C@H](C(=O)O)CS3)cc2OC)o1. The Bertz CT molecular complexity index is 835. The van der Waals surface area contributed by atoms with E-state index in [0.29, 0.717) is 23.0 Å². The number of carbonyl (C=O) groups excluding carboxylic acids is 1. The Labute approximate surface area is 159 Å². The minimum atomic E-state index is -0.860. The van der Waals surface area contributed by atoms with Crippen molar-refractivity contribution in [2.75, 3.05) is 20.0 Å². The largest absolute Gasteiger partial charge is 0.493 e. The van der Waals surface area contributed by atoms with Crippen molar-refractivity contribution in [3.05, 3.63) is 47.4 Å². The van der Waals surface area contributed by atoms with Crippen LogP contribution >= 0.6 is 11.8 Å². The number of benzene rings is 1. The second kappa shape index (κ2) is 8.36. The highest BCUT2D eigenvalue weighted by molar-refractivity contribution is 7.99. The summed E-state index contributed by atoms with van der Waals surface area (Å²) in [6.07, 6.45) is 0. The molecule has 27 heavy (non-hydrogen) atoms. The summed E-state index contributed by atoms with van der Waals surface area (Å²) in [4.78, 5) is 22.5. The van der Waals surface area contributed by atoms with E-state index in [1.807, 2.05) is 12.1 Å². The van der Waals surface area contributed by atoms with Crippen LogP contribution in [0.15, 0.2) is 34.7 Å². The van der Waals surface area contributed by atoms with Crippen LogP contribution in [-0.4, -0.2) is 43.1 Å². The smallest absolute Gasteiger partial charge is 0.373 e. The topological polar surface area (TPSA) is 107 Å². The summed E-state index contributed by atoms with van der Waals surface area (Å²) in [7, 11) is 2.81. The van der Waals surface area contributed by atoms with Gasteiger partial charge in [0, 0.05) is 5.75 Å². The summed E-state index contributed by atoms with van der Waals surface area (Å²) < 4.78 is 21.1. The number of carbonyl (C=O) groups is 2. The molecule has 2 N–H and O–H groups in total. The van der Waals surface area contributed by atoms with Crippen molar-refractivity contribution in [1.29, 1.82) is 0 Å². The molecule has 2 atom stereocenters. The third-order valence-corrected chi connectivity index (χ3v) is 5.26. The van der Waals surface area contributed by atoms with Gasteiger partial charge in [-0.05, 0) is 29.8 Å². The number of nitrogens with one attached hydrogen (secondary N) is 1. The molecule has 1 aromatic carbocycles. The number of furan rings is 1. The quantitative estimate of drug-likeness (QED) is 0.686. The van der Waals surface area contributed by atoms with Gasteiger partial charge in [0.2, 0.25) is 5.76 Å². The second-order valence-corrected chi connectivity index (χ2v) is 6.87. The summed E-state index contributed by atoms with van der Waals surface area (Å²) >= 11 is 1.53. The van der Waals surface area contributed by atoms with Gasteiger partial charge in [-0.2, -0.15) is 0 Å². The van der Waals surface area contributed by atoms with Crippen LogP contribution in [0, 0.1) is 0 Å². The van der Waals surface area contributed by atoms with E-state index in [-0.39, 0.29) is 17.7 Å². The molecule has 0 amide bonds. The first-order valence-corrected chi connectivity index (χ1v) is 9.15. The van der Waals surface area contributed by atoms with Crippen molar-refractivity contribution in [3.63, 3.8) is 0 Å². The van der Waals surface area contributed by atoms with Crippen LogP contribution in [0.1, 0.15) is 27.3 Å². The first kappa shape index (κ1) is 19.1. The average molecular weight is 393 g/mol. The molecule has 0 saturated carbocycles. The Kier molecular flexibility index (Phi) is 5.92. The van der Waals surface area contributed by atoms with Crippen LogP contribution in [0.25, 0.3) is 0 Å². The summed E-state index contributed by atoms with van der Waals surface area (Å²) in [5.74, 6) is 0.700. The van der Waals surface area contributed by atoms with E-state index in [9.17, 15) is 9.59 Å². The molecule has 2 heterocycles. The minimum Gasteiger partial charge on any atom is -0.493 e. The standard InChI is InChI=1S/C18H19NO7S/c1-23-15-7-10(16-19-12(9-27-16)17(20)21)3-5-13(15)25-8-11-4-6-14(26-11)18(22)24-2/h3-7,12,16,19H,8-9H2,1-2H3,(H,20,21)/t12-,16-/m0/s1. The maximum Gasteiger partial charge on any atom is 0.373 e. The Hall–Kier alpha value is -2.65. The van der Waals surface area contributed by atoms with Gasteiger partial charge < -0.3 is 23.7 Å². The zero-order chi connectivity index (χ0) is 19.4. The van der Waals surface area contributed by atoms with Crippen LogP contribution < -0.4 is 14.8 Å². The summed E-state index contributed by atoms with van der Waals surface area (Å²) in [5, 5.41) is 12.0. The van der Waals surface area contributed by atoms with Gasteiger partial charge in [-0.15, -0.1) is 11.8 Å². The maximum absolute atomic E-state index is 11.4. The molecule has 2 aromatic rings. The average Bonchev–Trinajstić information content (AvgIpc) is 3.35. The Morgan fingerprint density at radius 1 is 1.26 bits per heavy atom. The van der Waals surface area contributed by atoms with Crippen molar-refractivity contribution < 1.29 is 33.3 Å². The van der Waals surface area contributed by atoms with Crippen LogP contribution in [0.4, 0.5) is 0 Å². The molecule has 1 aliphatic heterocycles. The monoisotopic (exact) mass is 393 g/mol. The fourth-order valence-corrected chi connectivity index (χ4v) is 3.81. The van der Waals surface area contributed by atoms with Crippen LogP contribution in [-0.2, 0) is 16.1 Å². The zero-order valence-electron chi connectivity index (χ0n) is 14.8. The van der Waals surface area contributed by atoms with E-state index in [0.717, 1.165) is 5.56 Å². The molecular weight excluding hydrogens is 374 g/mol. The molecule has 0 aliphatic carbocycles. The molecule has 1 saturated heterocycles. The van der Waals surface area contributed by atoms with E-state index < -0.39 is 18.0 Å². The molecule has 1 aliphatic rings. The number of hydrogen-bond donors (Lipinski definition) is 2. The highest BCUT2D eigenvalue weighted by atomic mass is 32.2. The van der Waals surface area contributed by atoms with Gasteiger partial charge in [0.15, 0.2) is 11.5 Å². The number of aliphatic carboxylic acids is 1. The normalized spacial score (nSPS) is 18.9. The Morgan fingerprint density at radius 3 is 2.74 bits per heavy atom. The lowest BCUT2D eigenvalue weighted by Crippen LogP contribution is -2.33. The molecule has 0 unspecified atom stereocenters. The first-order chi connectivity index (χ1) is 13.0. The molecular formula is C18H19NO7S. The van der Waals surface area contributed by atoms with Gasteiger partial charge >= 0.3 is 11.9 Å². The fraction of sp³-hybridized carbons (Fsp3) is 0.333. The molecule has 3 rings (SSSR count). The third kappa shape index (κ3) is 4.37. The van der Waals surface area contributed by atoms with Gasteiger partial charge in [0.1, 0.15) is 18.4 Å². The molecule has 9 heteroatoms. The zero-order valence-corrected chi connectivity index (χ0v) is 15.6. The number of hydrogen-bond acceptors (Lipinski definition) is 8. The molecule has 0 radical (unpaired) electrons. The van der Waals surface area contributed by atoms with E-state index in [4.69, 9.17) is 19.0 Å². The molecule has 0 bridgehead atoms. The van der Waals surface area contributed by atoms with Gasteiger partial charge in [-0.3, -0.25) is 10.1 Å². The second-order valence-electron chi connectivity index (χ2n) is 5.73. The number of carboxylic acid groups (broad SMARTS) is 1. The van der Waals surface area contributed by atoms with Gasteiger partial charge in [-0.1, -0.05) is 6.07 Å². The highest BCUT2D eigenvalue weighted by Crippen LogP contribution is 2.37. The third-order valence-electron chi connectivity index (χ3n) is 3.99. The van der Waals surface area contributed by atoms with Crippen LogP contribution in [0.5, 0.6) is 11.5 Å². The molecule has 1 fully saturated rings. The lowest BCUT2D eigenvalue weighted by molar-refractivity contribution is -0.138. The highest BCUT2D eigenvalue weighted by Gasteiger charge is 2.30. The van der Waals surface area contributed by atoms with E-state index >= 15 is 0 Å². The van der Waals surface area contributed by atoms with Crippen LogP contribution in [0.2, 0.25) is 0 Å². The van der Waals surface area contributed by atoms with Crippen molar-refractivity contribution in [2.45, 2.75) is 18.0 Å². The number of esters is 1. The lowest BCUT2D eigenvalue weighted by atomic mass is 10.2. The van der Waals surface area contributed by atoms with Crippen molar-refractivity contribution in [3.8, 4) is 11.5 Å². The molecule has 8 nitrogen and oxygen atoms in total. The van der Waals surface area contributed by atoms with Crippen molar-refractivity contribution >= 4 is 23.7 Å². The summed E-state index contributed by atoms with van der Waals surface area (Å²) in [5.41, 5.74) is 0.902. The van der Waals surface area contributed by atoms with Crippen molar-refractivity contribution in [1.82, 2.24) is 5.32 Å². The molecule has 0 spiro atoms. The number of methoxy groups -OCH3 is 2. The Balaban J connectivity index is 1.67. The fourth-order valence-electron chi connectivity index (χ4n) is 2.59. The van der Waals surface area contributed by atoms with Crippen LogP contribution in [0.3, 0.4) is 0 Å². The number of rotatable bonds is 7. The number of ether oxygens (including phenoxy) is 3. The van der Waals surface area contributed by atoms with E-state index in [1.165, 1.54) is 32.0 Å². The predicted molar refractivity (Wildman–Crippen MR) is 97.1 cm³/mol.